The number of carbonyl (C=O) groups is 4. The van der Waals surface area contributed by atoms with E-state index in [4.69, 9.17) is 23.7 Å². The van der Waals surface area contributed by atoms with Gasteiger partial charge in [-0.3, -0.25) is 19.1 Å². The number of amides is 4. The number of benzene rings is 1. The number of rotatable bonds is 10. The summed E-state index contributed by atoms with van der Waals surface area (Å²) in [6.07, 6.45) is -2.35. The molecule has 2 saturated carbocycles. The number of allylic oxidation sites excluding steroid dienone is 1. The number of alkyl carbamates (subject to hydrolysis) is 1. The highest BCUT2D eigenvalue weighted by Crippen LogP contribution is 2.48. The molecular formula is C43H55F4N5O11S. The monoisotopic (exact) mass is 925 g/mol. The Morgan fingerprint density at radius 3 is 2.48 bits per heavy atom. The van der Waals surface area contributed by atoms with Gasteiger partial charge in [0.15, 0.2) is 11.6 Å². The van der Waals surface area contributed by atoms with Crippen molar-refractivity contribution in [1.29, 1.82) is 0 Å². The van der Waals surface area contributed by atoms with Crippen LogP contribution in [0, 0.1) is 23.6 Å². The number of aromatic nitrogens is 1. The molecule has 8 unspecified atom stereocenters. The van der Waals surface area contributed by atoms with E-state index in [2.05, 4.69) is 20.3 Å². The smallest absolute Gasteiger partial charge is 0.430 e. The number of sulfonamides is 1. The van der Waals surface area contributed by atoms with Gasteiger partial charge in [-0.25, -0.2) is 17.6 Å². The molecule has 2 saturated heterocycles. The Hall–Kier alpha value is -4.92. The number of alkyl halides is 3. The SMILES string of the molecule is CCC1CC(C)CCC=CC2CC2(C(=O)NS(=O)(=O)C2(C)CC2)NC(=O)C2CC(Oc3nc(OC)cc4cc(OC)c(F)cc34)CN2C(=O)C1NC(=O)OC1(C(F)(F)F)CCCOC1. The van der Waals surface area contributed by atoms with Crippen molar-refractivity contribution in [3.05, 3.63) is 36.2 Å². The number of nitrogens with zero attached hydrogens (tertiary/aromatic N) is 2. The zero-order valence-electron chi connectivity index (χ0n) is 36.3. The molecule has 5 aliphatic rings. The Bertz CT molecular complexity index is 2290. The van der Waals surface area contributed by atoms with Gasteiger partial charge in [0.1, 0.15) is 23.7 Å². The van der Waals surface area contributed by atoms with E-state index in [9.17, 15) is 36.0 Å². The van der Waals surface area contributed by atoms with Crippen LogP contribution in [0.5, 0.6) is 17.5 Å². The first-order chi connectivity index (χ1) is 30.2. The van der Waals surface area contributed by atoms with Crippen LogP contribution in [-0.2, 0) is 33.9 Å². The zero-order chi connectivity index (χ0) is 46.4. The Balaban J connectivity index is 1.26. The molecule has 16 nitrogen and oxygen atoms in total. The summed E-state index contributed by atoms with van der Waals surface area (Å²) in [5, 5.41) is 5.84. The van der Waals surface area contributed by atoms with E-state index in [-0.39, 0.29) is 67.6 Å². The lowest BCUT2D eigenvalue weighted by molar-refractivity contribution is -0.285. The summed E-state index contributed by atoms with van der Waals surface area (Å²) in [7, 11) is -1.48. The fourth-order valence-corrected chi connectivity index (χ4v) is 10.3. The van der Waals surface area contributed by atoms with Crippen molar-refractivity contribution in [3.63, 3.8) is 0 Å². The summed E-state index contributed by atoms with van der Waals surface area (Å²) in [4.78, 5) is 63.1. The Morgan fingerprint density at radius 2 is 1.84 bits per heavy atom. The van der Waals surface area contributed by atoms with E-state index in [0.29, 0.717) is 37.5 Å². The van der Waals surface area contributed by atoms with E-state index in [0.717, 1.165) is 11.0 Å². The number of fused-ring (bicyclic) bond motifs is 3. The van der Waals surface area contributed by atoms with Gasteiger partial charge in [0, 0.05) is 36.8 Å². The van der Waals surface area contributed by atoms with E-state index < -0.39 is 105 Å². The van der Waals surface area contributed by atoms with Crippen molar-refractivity contribution in [3.8, 4) is 17.5 Å². The Kier molecular flexibility index (Phi) is 13.1. The first-order valence-electron chi connectivity index (χ1n) is 21.6. The fourth-order valence-electron chi connectivity index (χ4n) is 8.99. The van der Waals surface area contributed by atoms with Gasteiger partial charge in [0.25, 0.3) is 5.91 Å². The van der Waals surface area contributed by atoms with Crippen LogP contribution in [0.1, 0.15) is 85.0 Å². The highest BCUT2D eigenvalue weighted by atomic mass is 32.2. The Labute approximate surface area is 368 Å². The molecule has 21 heteroatoms. The highest BCUT2D eigenvalue weighted by molar-refractivity contribution is 7.91. The van der Waals surface area contributed by atoms with Crippen molar-refractivity contribution in [2.24, 2.45) is 17.8 Å². The van der Waals surface area contributed by atoms with Crippen LogP contribution < -0.4 is 29.6 Å². The average Bonchev–Trinajstić information content (AvgIpc) is 4.13. The molecule has 1 aromatic carbocycles. The van der Waals surface area contributed by atoms with Crippen LogP contribution in [-0.4, -0.2) is 116 Å². The van der Waals surface area contributed by atoms with Gasteiger partial charge in [0.05, 0.1) is 32.1 Å². The first-order valence-corrected chi connectivity index (χ1v) is 23.1. The zero-order valence-corrected chi connectivity index (χ0v) is 37.2. The minimum absolute atomic E-state index is 0.0338. The van der Waals surface area contributed by atoms with E-state index in [1.807, 2.05) is 13.0 Å². The molecule has 4 amide bonds. The van der Waals surface area contributed by atoms with Crippen molar-refractivity contribution < 1.29 is 68.8 Å². The van der Waals surface area contributed by atoms with Crippen LogP contribution in [0.3, 0.4) is 0 Å². The van der Waals surface area contributed by atoms with E-state index >= 15 is 9.18 Å². The predicted octanol–water partition coefficient (Wildman–Crippen LogP) is 5.22. The predicted molar refractivity (Wildman–Crippen MR) is 221 cm³/mol. The molecular weight excluding hydrogens is 871 g/mol. The lowest BCUT2D eigenvalue weighted by Gasteiger charge is -2.39. The van der Waals surface area contributed by atoms with Gasteiger partial charge >= 0.3 is 12.3 Å². The number of hydrogen-bond acceptors (Lipinski definition) is 12. The number of halogens is 4. The summed E-state index contributed by atoms with van der Waals surface area (Å²) in [6.45, 7) is 3.99. The van der Waals surface area contributed by atoms with Crippen LogP contribution in [0.15, 0.2) is 30.4 Å². The van der Waals surface area contributed by atoms with Crippen molar-refractivity contribution in [2.75, 3.05) is 34.0 Å². The number of carbonyl (C=O) groups excluding carboxylic acids is 4. The maximum atomic E-state index is 15.1. The topological polar surface area (TPSA) is 201 Å². The quantitative estimate of drug-likeness (QED) is 0.208. The molecule has 3 aliphatic heterocycles. The van der Waals surface area contributed by atoms with Gasteiger partial charge in [-0.1, -0.05) is 32.4 Å². The highest BCUT2D eigenvalue weighted by Gasteiger charge is 2.63. The normalized spacial score (nSPS) is 30.7. The van der Waals surface area contributed by atoms with Gasteiger partial charge in [0.2, 0.25) is 39.2 Å². The minimum Gasteiger partial charge on any atom is -0.494 e. The number of hydrogen-bond donors (Lipinski definition) is 3. The third-order valence-corrected chi connectivity index (χ3v) is 15.6. The molecule has 7 rings (SSSR count). The van der Waals surface area contributed by atoms with Crippen LogP contribution >= 0.6 is 0 Å². The second-order valence-electron chi connectivity index (χ2n) is 18.0. The Morgan fingerprint density at radius 1 is 1.09 bits per heavy atom. The van der Waals surface area contributed by atoms with Crippen LogP contribution in [0.2, 0.25) is 0 Å². The summed E-state index contributed by atoms with van der Waals surface area (Å²) < 4.78 is 113. The molecule has 0 spiro atoms. The number of ether oxygens (including phenoxy) is 5. The number of pyridine rings is 1. The molecule has 4 heterocycles. The largest absolute Gasteiger partial charge is 0.494 e. The molecule has 64 heavy (non-hydrogen) atoms. The molecule has 352 valence electrons. The third-order valence-electron chi connectivity index (χ3n) is 13.4. The number of methoxy groups -OCH3 is 2. The van der Waals surface area contributed by atoms with Crippen molar-refractivity contribution in [2.45, 2.75) is 125 Å². The molecule has 8 atom stereocenters. The summed E-state index contributed by atoms with van der Waals surface area (Å²) >= 11 is 0. The molecule has 0 bridgehead atoms. The molecule has 4 fully saturated rings. The second-order valence-corrected chi connectivity index (χ2v) is 20.2. The molecule has 2 aliphatic carbocycles. The van der Waals surface area contributed by atoms with Gasteiger partial charge < -0.3 is 39.2 Å². The fraction of sp³-hybridized carbons (Fsp3) is 0.651. The molecule has 2 aromatic rings. The van der Waals surface area contributed by atoms with E-state index in [1.165, 1.54) is 33.3 Å². The standard InChI is InChI=1S/C43H55F4N5O11S/c1-6-25-16-24(2)10-7-8-11-27-21-42(27,38(55)51-64(57,58)40(3)13-14-40)50-35(53)31-19-28(62-36-29-20-30(44)32(59-4)17-26(29)18-33(48-36)60-5)22-52(31)37(54)34(25)49-39(56)63-41(43(45,46)47)12-9-15-61-23-41/h8,11,17-18,20,24-25,27-28,31,34H,6-7,9-10,12-16,19,21-23H2,1-5H3,(H,49,56)(H,50,53)(H,51,55). The lowest BCUT2D eigenvalue weighted by Crippen LogP contribution is -2.61. The average molecular weight is 926 g/mol. The summed E-state index contributed by atoms with van der Waals surface area (Å²) in [5.74, 6) is -4.84. The lowest BCUT2D eigenvalue weighted by atomic mass is 9.85. The third kappa shape index (κ3) is 9.28. The molecule has 1 aromatic heterocycles. The van der Waals surface area contributed by atoms with E-state index in [1.54, 1.807) is 13.0 Å². The second kappa shape index (κ2) is 17.8. The maximum absolute atomic E-state index is 15.1. The molecule has 0 radical (unpaired) electrons. The first kappa shape index (κ1) is 47.1. The maximum Gasteiger partial charge on any atom is 0.430 e. The molecule has 3 N–H and O–H groups in total. The van der Waals surface area contributed by atoms with Crippen LogP contribution in [0.4, 0.5) is 22.4 Å². The van der Waals surface area contributed by atoms with Crippen LogP contribution in [0.25, 0.3) is 10.8 Å². The van der Waals surface area contributed by atoms with Crippen molar-refractivity contribution in [1.82, 2.24) is 25.2 Å². The van der Waals surface area contributed by atoms with Gasteiger partial charge in [-0.05, 0) is 81.2 Å². The van der Waals surface area contributed by atoms with Gasteiger partial charge in [-0.2, -0.15) is 18.2 Å². The summed E-state index contributed by atoms with van der Waals surface area (Å²) in [6, 6.07) is 1.13. The minimum atomic E-state index is -5.00. The summed E-state index contributed by atoms with van der Waals surface area (Å²) in [5.41, 5.74) is -4.68. The van der Waals surface area contributed by atoms with Crippen molar-refractivity contribution >= 4 is 44.6 Å². The van der Waals surface area contributed by atoms with Gasteiger partial charge in [-0.15, -0.1) is 0 Å². The number of nitrogens with one attached hydrogen (secondary N) is 3.